The molecule has 1 aliphatic rings. The van der Waals surface area contributed by atoms with Gasteiger partial charge in [0.1, 0.15) is 11.5 Å². The Kier molecular flexibility index (Phi) is 5.05. The second-order valence-corrected chi connectivity index (χ2v) is 5.78. The van der Waals surface area contributed by atoms with Gasteiger partial charge in [-0.05, 0) is 36.4 Å². The molecule has 128 valence electrons. The Hall–Kier alpha value is -3.20. The SMILES string of the molecule is N#Cc1ccc(OCC(=O)N2CCN(c3ccccc3O)CC2)cc1. The van der Waals surface area contributed by atoms with E-state index in [0.717, 1.165) is 5.69 Å². The minimum atomic E-state index is -0.0682. The molecule has 1 N–H and O–H groups in total. The van der Waals surface area contributed by atoms with Gasteiger partial charge in [-0.3, -0.25) is 4.79 Å². The molecule has 1 aliphatic heterocycles. The molecule has 0 aliphatic carbocycles. The molecule has 1 heterocycles. The maximum absolute atomic E-state index is 12.3. The molecule has 0 aromatic heterocycles. The van der Waals surface area contributed by atoms with Crippen LogP contribution in [0.25, 0.3) is 0 Å². The summed E-state index contributed by atoms with van der Waals surface area (Å²) in [5.41, 5.74) is 1.35. The number of nitrogens with zero attached hydrogens (tertiary/aromatic N) is 3. The van der Waals surface area contributed by atoms with E-state index < -0.39 is 0 Å². The number of hydrogen-bond donors (Lipinski definition) is 1. The van der Waals surface area contributed by atoms with Crippen molar-refractivity contribution in [3.63, 3.8) is 0 Å². The predicted octanol–water partition coefficient (Wildman–Crippen LogP) is 1.99. The second kappa shape index (κ2) is 7.58. The Morgan fingerprint density at radius 3 is 2.40 bits per heavy atom. The van der Waals surface area contributed by atoms with Gasteiger partial charge in [-0.15, -0.1) is 0 Å². The maximum Gasteiger partial charge on any atom is 0.260 e. The normalized spacial score (nSPS) is 14.0. The lowest BCUT2D eigenvalue weighted by molar-refractivity contribution is -0.133. The fourth-order valence-electron chi connectivity index (χ4n) is 2.79. The summed E-state index contributed by atoms with van der Waals surface area (Å²) in [5, 5.41) is 18.7. The first kappa shape index (κ1) is 16.7. The summed E-state index contributed by atoms with van der Waals surface area (Å²) < 4.78 is 5.50. The summed E-state index contributed by atoms with van der Waals surface area (Å²) in [4.78, 5) is 16.1. The third kappa shape index (κ3) is 4.01. The molecule has 1 amide bonds. The van der Waals surface area contributed by atoms with Gasteiger partial charge in [0.15, 0.2) is 6.61 Å². The first-order chi connectivity index (χ1) is 12.2. The molecule has 0 radical (unpaired) electrons. The number of aromatic hydroxyl groups is 1. The van der Waals surface area contributed by atoms with Crippen LogP contribution in [0.4, 0.5) is 5.69 Å². The van der Waals surface area contributed by atoms with E-state index in [-0.39, 0.29) is 18.3 Å². The zero-order chi connectivity index (χ0) is 17.6. The van der Waals surface area contributed by atoms with Crippen LogP contribution in [-0.4, -0.2) is 48.7 Å². The molecular formula is C19H19N3O3. The van der Waals surface area contributed by atoms with E-state index in [0.29, 0.717) is 37.5 Å². The summed E-state index contributed by atoms with van der Waals surface area (Å²) in [5.74, 6) is 0.757. The lowest BCUT2D eigenvalue weighted by atomic mass is 10.2. The molecule has 0 bridgehead atoms. The van der Waals surface area contributed by atoms with Gasteiger partial charge in [-0.25, -0.2) is 0 Å². The van der Waals surface area contributed by atoms with Crippen molar-refractivity contribution in [2.45, 2.75) is 0 Å². The van der Waals surface area contributed by atoms with Gasteiger partial charge in [0.05, 0.1) is 17.3 Å². The minimum absolute atomic E-state index is 0.0253. The van der Waals surface area contributed by atoms with Crippen molar-refractivity contribution in [2.24, 2.45) is 0 Å². The smallest absolute Gasteiger partial charge is 0.260 e. The molecule has 0 spiro atoms. The molecule has 1 saturated heterocycles. The first-order valence-electron chi connectivity index (χ1n) is 8.11. The number of carbonyl (C=O) groups excluding carboxylic acids is 1. The molecule has 25 heavy (non-hydrogen) atoms. The fourth-order valence-corrected chi connectivity index (χ4v) is 2.79. The standard InChI is InChI=1S/C19H19N3O3/c20-13-15-5-7-16(8-6-15)25-14-19(24)22-11-9-21(10-12-22)17-3-1-2-4-18(17)23/h1-8,23H,9-12,14H2. The number of anilines is 1. The summed E-state index contributed by atoms with van der Waals surface area (Å²) in [7, 11) is 0. The molecule has 1 fully saturated rings. The monoisotopic (exact) mass is 337 g/mol. The van der Waals surface area contributed by atoms with Crippen LogP contribution in [0.5, 0.6) is 11.5 Å². The number of phenolic OH excluding ortho intramolecular Hbond substituents is 1. The third-order valence-corrected chi connectivity index (χ3v) is 4.20. The molecule has 0 atom stereocenters. The van der Waals surface area contributed by atoms with Crippen molar-refractivity contribution >= 4 is 11.6 Å². The second-order valence-electron chi connectivity index (χ2n) is 5.78. The Labute approximate surface area is 146 Å². The largest absolute Gasteiger partial charge is 0.506 e. The Bertz CT molecular complexity index is 775. The summed E-state index contributed by atoms with van der Waals surface area (Å²) in [6.07, 6.45) is 0. The highest BCUT2D eigenvalue weighted by molar-refractivity contribution is 5.78. The molecule has 2 aromatic carbocycles. The van der Waals surface area contributed by atoms with Crippen molar-refractivity contribution in [3.8, 4) is 17.6 Å². The van der Waals surface area contributed by atoms with Gasteiger partial charge < -0.3 is 19.6 Å². The molecule has 2 aromatic rings. The molecular weight excluding hydrogens is 318 g/mol. The lowest BCUT2D eigenvalue weighted by Crippen LogP contribution is -2.50. The van der Waals surface area contributed by atoms with Crippen LogP contribution in [0.15, 0.2) is 48.5 Å². The minimum Gasteiger partial charge on any atom is -0.506 e. The Morgan fingerprint density at radius 1 is 1.08 bits per heavy atom. The zero-order valence-corrected chi connectivity index (χ0v) is 13.8. The van der Waals surface area contributed by atoms with E-state index in [2.05, 4.69) is 4.90 Å². The highest BCUT2D eigenvalue weighted by atomic mass is 16.5. The number of carbonyl (C=O) groups is 1. The van der Waals surface area contributed by atoms with Crippen molar-refractivity contribution in [1.29, 1.82) is 5.26 Å². The van der Waals surface area contributed by atoms with E-state index in [1.54, 1.807) is 41.3 Å². The summed E-state index contributed by atoms with van der Waals surface area (Å²) in [6, 6.07) is 15.9. The number of amides is 1. The maximum atomic E-state index is 12.3. The average Bonchev–Trinajstić information content (AvgIpc) is 2.67. The van der Waals surface area contributed by atoms with Crippen molar-refractivity contribution in [1.82, 2.24) is 4.90 Å². The van der Waals surface area contributed by atoms with Crippen LogP contribution in [-0.2, 0) is 4.79 Å². The van der Waals surface area contributed by atoms with E-state index in [9.17, 15) is 9.90 Å². The van der Waals surface area contributed by atoms with Crippen LogP contribution in [0, 0.1) is 11.3 Å². The average molecular weight is 337 g/mol. The predicted molar refractivity (Wildman–Crippen MR) is 93.6 cm³/mol. The number of hydrogen-bond acceptors (Lipinski definition) is 5. The van der Waals surface area contributed by atoms with Crippen molar-refractivity contribution in [2.75, 3.05) is 37.7 Å². The summed E-state index contributed by atoms with van der Waals surface area (Å²) in [6.45, 7) is 2.48. The Morgan fingerprint density at radius 2 is 1.76 bits per heavy atom. The molecule has 3 rings (SSSR count). The molecule has 0 saturated carbocycles. The highest BCUT2D eigenvalue weighted by Gasteiger charge is 2.22. The molecule has 0 unspecified atom stereocenters. The topological polar surface area (TPSA) is 76.8 Å². The molecule has 6 heteroatoms. The van der Waals surface area contributed by atoms with E-state index in [1.165, 1.54) is 0 Å². The quantitative estimate of drug-likeness (QED) is 0.923. The van der Waals surface area contributed by atoms with Crippen molar-refractivity contribution in [3.05, 3.63) is 54.1 Å². The third-order valence-electron chi connectivity index (χ3n) is 4.20. The van der Waals surface area contributed by atoms with Crippen LogP contribution in [0.1, 0.15) is 5.56 Å². The lowest BCUT2D eigenvalue weighted by Gasteiger charge is -2.36. The number of benzene rings is 2. The first-order valence-corrected chi connectivity index (χ1v) is 8.11. The number of phenols is 1. The number of nitriles is 1. The zero-order valence-electron chi connectivity index (χ0n) is 13.8. The van der Waals surface area contributed by atoms with Crippen LogP contribution < -0.4 is 9.64 Å². The number of piperazine rings is 1. The van der Waals surface area contributed by atoms with Crippen LogP contribution in [0.3, 0.4) is 0 Å². The van der Waals surface area contributed by atoms with E-state index >= 15 is 0 Å². The van der Waals surface area contributed by atoms with Gasteiger partial charge in [-0.2, -0.15) is 5.26 Å². The Balaban J connectivity index is 1.50. The summed E-state index contributed by atoms with van der Waals surface area (Å²) >= 11 is 0. The van der Waals surface area contributed by atoms with Gasteiger partial charge in [0.25, 0.3) is 5.91 Å². The van der Waals surface area contributed by atoms with Crippen LogP contribution >= 0.6 is 0 Å². The van der Waals surface area contributed by atoms with Crippen molar-refractivity contribution < 1.29 is 14.6 Å². The van der Waals surface area contributed by atoms with Crippen LogP contribution in [0.2, 0.25) is 0 Å². The fraction of sp³-hybridized carbons (Fsp3) is 0.263. The number of rotatable bonds is 4. The van der Waals surface area contributed by atoms with E-state index in [1.807, 2.05) is 18.2 Å². The van der Waals surface area contributed by atoms with E-state index in [4.69, 9.17) is 10.00 Å². The van der Waals surface area contributed by atoms with Gasteiger partial charge in [0, 0.05) is 26.2 Å². The molecule has 6 nitrogen and oxygen atoms in total. The van der Waals surface area contributed by atoms with Gasteiger partial charge >= 0.3 is 0 Å². The van der Waals surface area contributed by atoms with Gasteiger partial charge in [-0.1, -0.05) is 12.1 Å². The number of ether oxygens (including phenoxy) is 1. The highest BCUT2D eigenvalue weighted by Crippen LogP contribution is 2.27. The van der Waals surface area contributed by atoms with Gasteiger partial charge in [0.2, 0.25) is 0 Å². The number of para-hydroxylation sites is 2.